The third-order valence-corrected chi connectivity index (χ3v) is 3.94. The van der Waals surface area contributed by atoms with Gasteiger partial charge in [0.1, 0.15) is 0 Å². The second-order valence-corrected chi connectivity index (χ2v) is 5.78. The van der Waals surface area contributed by atoms with E-state index in [4.69, 9.17) is 0 Å². The molecule has 0 aliphatic carbocycles. The van der Waals surface area contributed by atoms with Crippen LogP contribution in [0.5, 0.6) is 0 Å². The molecular formula is C14H19IN4O. The van der Waals surface area contributed by atoms with Gasteiger partial charge in [0.15, 0.2) is 5.82 Å². The van der Waals surface area contributed by atoms with E-state index >= 15 is 0 Å². The third-order valence-electron chi connectivity index (χ3n) is 3.27. The number of likely N-dealkylation sites (N-methyl/N-ethyl adjacent to an activating group) is 1. The molecule has 2 aromatic rings. The molecule has 2 N–H and O–H groups in total. The average molecular weight is 384 g/mol. The SMILES string of the molecule is CCN(CC)CCNC(=O)c1nc2ccc([125I])cc2[nH]1. The van der Waals surface area contributed by atoms with Crippen molar-refractivity contribution < 1.29 is 4.79 Å². The zero-order valence-corrected chi connectivity index (χ0v) is 13.9. The van der Waals surface area contributed by atoms with Gasteiger partial charge in [0, 0.05) is 16.7 Å². The van der Waals surface area contributed by atoms with Gasteiger partial charge >= 0.3 is 0 Å². The van der Waals surface area contributed by atoms with E-state index in [9.17, 15) is 4.79 Å². The van der Waals surface area contributed by atoms with Gasteiger partial charge in [-0.2, -0.15) is 0 Å². The van der Waals surface area contributed by atoms with E-state index in [-0.39, 0.29) is 5.91 Å². The lowest BCUT2D eigenvalue weighted by molar-refractivity contribution is 0.0940. The number of carbonyl (C=O) groups excluding carboxylic acids is 1. The minimum absolute atomic E-state index is 0.150. The summed E-state index contributed by atoms with van der Waals surface area (Å²) in [4.78, 5) is 21.7. The lowest BCUT2D eigenvalue weighted by Gasteiger charge is -2.17. The first-order chi connectivity index (χ1) is 9.63. The molecule has 0 atom stereocenters. The van der Waals surface area contributed by atoms with Crippen LogP contribution in [0.1, 0.15) is 24.5 Å². The Morgan fingerprint density at radius 3 is 2.85 bits per heavy atom. The highest BCUT2D eigenvalue weighted by molar-refractivity contribution is 14.1. The van der Waals surface area contributed by atoms with Crippen molar-refractivity contribution in [2.24, 2.45) is 0 Å². The number of imidazole rings is 1. The first kappa shape index (κ1) is 15.2. The standard InChI is InChI=1S/C14H19IN4O/c1-3-19(4-2)8-7-16-14(20)13-17-11-6-5-10(15)9-12(11)18-13/h5-6,9H,3-4,7-8H2,1-2H3,(H,16,20)(H,17,18)/i15-2. The molecule has 5 nitrogen and oxygen atoms in total. The maximum absolute atomic E-state index is 12.0. The zero-order chi connectivity index (χ0) is 14.5. The summed E-state index contributed by atoms with van der Waals surface area (Å²) in [6.07, 6.45) is 0. The van der Waals surface area contributed by atoms with Crippen LogP contribution in [0.15, 0.2) is 18.2 Å². The number of hydrogen-bond donors (Lipinski definition) is 2. The molecule has 0 fully saturated rings. The Labute approximate surface area is 132 Å². The Morgan fingerprint density at radius 1 is 1.40 bits per heavy atom. The van der Waals surface area contributed by atoms with Gasteiger partial charge in [-0.25, -0.2) is 4.98 Å². The minimum Gasteiger partial charge on any atom is -0.348 e. The molecule has 1 aromatic carbocycles. The van der Waals surface area contributed by atoms with Crippen molar-refractivity contribution in [1.82, 2.24) is 20.2 Å². The van der Waals surface area contributed by atoms with E-state index in [1.807, 2.05) is 18.2 Å². The number of H-pyrrole nitrogens is 1. The van der Waals surface area contributed by atoms with Crippen LogP contribution >= 0.6 is 22.6 Å². The number of carbonyl (C=O) groups is 1. The van der Waals surface area contributed by atoms with Crippen molar-refractivity contribution in [3.05, 3.63) is 27.6 Å². The van der Waals surface area contributed by atoms with Crippen molar-refractivity contribution in [2.75, 3.05) is 26.2 Å². The van der Waals surface area contributed by atoms with Crippen LogP contribution in [0.2, 0.25) is 0 Å². The lowest BCUT2D eigenvalue weighted by Crippen LogP contribution is -2.35. The summed E-state index contributed by atoms with van der Waals surface area (Å²) in [6, 6.07) is 5.88. The summed E-state index contributed by atoms with van der Waals surface area (Å²) in [7, 11) is 0. The van der Waals surface area contributed by atoms with Crippen molar-refractivity contribution in [3.8, 4) is 0 Å². The van der Waals surface area contributed by atoms with Crippen LogP contribution < -0.4 is 5.32 Å². The van der Waals surface area contributed by atoms with Crippen molar-refractivity contribution in [1.29, 1.82) is 0 Å². The number of rotatable bonds is 6. The monoisotopic (exact) mass is 384 g/mol. The van der Waals surface area contributed by atoms with Crippen LogP contribution in [-0.2, 0) is 0 Å². The van der Waals surface area contributed by atoms with Crippen LogP contribution in [0.25, 0.3) is 11.0 Å². The second-order valence-electron chi connectivity index (χ2n) is 4.53. The number of fused-ring (bicyclic) bond motifs is 1. The number of aromatic nitrogens is 2. The van der Waals surface area contributed by atoms with Crippen molar-refractivity contribution in [3.63, 3.8) is 0 Å². The third kappa shape index (κ3) is 3.69. The first-order valence-corrected chi connectivity index (χ1v) is 7.87. The molecular weight excluding hydrogens is 365 g/mol. The first-order valence-electron chi connectivity index (χ1n) is 6.79. The number of hydrogen-bond acceptors (Lipinski definition) is 3. The number of nitrogens with one attached hydrogen (secondary N) is 2. The fraction of sp³-hybridized carbons (Fsp3) is 0.429. The molecule has 2 rings (SSSR count). The van der Waals surface area contributed by atoms with E-state index in [1.165, 1.54) is 0 Å². The molecule has 1 heterocycles. The van der Waals surface area contributed by atoms with Crippen LogP contribution in [0.3, 0.4) is 0 Å². The molecule has 6 heteroatoms. The fourth-order valence-corrected chi connectivity index (χ4v) is 2.53. The Morgan fingerprint density at radius 2 is 2.15 bits per heavy atom. The van der Waals surface area contributed by atoms with Gasteiger partial charge in [0.05, 0.1) is 11.0 Å². The van der Waals surface area contributed by atoms with Gasteiger partial charge in [-0.15, -0.1) is 0 Å². The second kappa shape index (κ2) is 7.03. The molecule has 0 saturated carbocycles. The largest absolute Gasteiger partial charge is 0.348 e. The van der Waals surface area contributed by atoms with Gasteiger partial charge < -0.3 is 15.2 Å². The highest BCUT2D eigenvalue weighted by Crippen LogP contribution is 2.15. The Bertz CT molecular complexity index is 592. The number of aromatic amines is 1. The highest BCUT2D eigenvalue weighted by Gasteiger charge is 2.11. The van der Waals surface area contributed by atoms with Crippen molar-refractivity contribution in [2.45, 2.75) is 13.8 Å². The molecule has 108 valence electrons. The number of halogens is 1. The van der Waals surface area contributed by atoms with Gasteiger partial charge in [-0.05, 0) is 53.9 Å². The van der Waals surface area contributed by atoms with E-state index in [0.29, 0.717) is 12.4 Å². The number of benzene rings is 1. The van der Waals surface area contributed by atoms with Gasteiger partial charge in [-0.3, -0.25) is 4.79 Å². The van der Waals surface area contributed by atoms with Gasteiger partial charge in [-0.1, -0.05) is 13.8 Å². The summed E-state index contributed by atoms with van der Waals surface area (Å²) < 4.78 is 1.12. The molecule has 0 bridgehead atoms. The summed E-state index contributed by atoms with van der Waals surface area (Å²) in [6.45, 7) is 7.72. The van der Waals surface area contributed by atoms with Crippen LogP contribution in [0.4, 0.5) is 0 Å². The van der Waals surface area contributed by atoms with Gasteiger partial charge in [0.2, 0.25) is 0 Å². The molecule has 0 spiro atoms. The average Bonchev–Trinajstić information content (AvgIpc) is 2.86. The molecule has 1 aromatic heterocycles. The van der Waals surface area contributed by atoms with E-state index in [0.717, 1.165) is 34.2 Å². The Kier molecular flexibility index (Phi) is 5.36. The topological polar surface area (TPSA) is 61.0 Å². The normalized spacial score (nSPS) is 11.2. The maximum atomic E-state index is 12.0. The van der Waals surface area contributed by atoms with E-state index in [2.05, 4.69) is 56.6 Å². The molecule has 0 radical (unpaired) electrons. The van der Waals surface area contributed by atoms with Crippen molar-refractivity contribution >= 4 is 39.5 Å². The Hall–Kier alpha value is -1.15. The molecule has 20 heavy (non-hydrogen) atoms. The smallest absolute Gasteiger partial charge is 0.287 e. The minimum atomic E-state index is -0.150. The van der Waals surface area contributed by atoms with Gasteiger partial charge in [0.25, 0.3) is 5.91 Å². The molecule has 0 aliphatic rings. The van der Waals surface area contributed by atoms with E-state index in [1.54, 1.807) is 0 Å². The maximum Gasteiger partial charge on any atom is 0.287 e. The van der Waals surface area contributed by atoms with E-state index < -0.39 is 0 Å². The zero-order valence-electron chi connectivity index (χ0n) is 11.7. The predicted octanol–water partition coefficient (Wildman–Crippen LogP) is 2.24. The number of amides is 1. The molecule has 0 saturated heterocycles. The summed E-state index contributed by atoms with van der Waals surface area (Å²) in [5, 5.41) is 2.90. The predicted molar refractivity (Wildman–Crippen MR) is 88.9 cm³/mol. The Balaban J connectivity index is 1.97. The lowest BCUT2D eigenvalue weighted by atomic mass is 10.3. The molecule has 1 amide bonds. The van der Waals surface area contributed by atoms with Crippen LogP contribution in [0, 0.1) is 3.57 Å². The molecule has 0 aliphatic heterocycles. The summed E-state index contributed by atoms with van der Waals surface area (Å²) in [5.74, 6) is 0.227. The van der Waals surface area contributed by atoms with Crippen LogP contribution in [-0.4, -0.2) is 47.0 Å². The number of nitrogens with zero attached hydrogens (tertiary/aromatic N) is 2. The summed E-state index contributed by atoms with van der Waals surface area (Å²) in [5.41, 5.74) is 1.71. The fourth-order valence-electron chi connectivity index (χ4n) is 2.04. The highest BCUT2D eigenvalue weighted by atomic mass is 125. The quantitative estimate of drug-likeness (QED) is 0.752. The summed E-state index contributed by atoms with van der Waals surface area (Å²) >= 11 is 2.24. The molecule has 0 unspecified atom stereocenters.